The molecule has 10 heteroatoms. The number of amides is 2. The zero-order valence-electron chi connectivity index (χ0n) is 15.3. The van der Waals surface area contributed by atoms with Crippen molar-refractivity contribution in [2.75, 3.05) is 25.5 Å². The van der Waals surface area contributed by atoms with Crippen LogP contribution in [-0.4, -0.2) is 50.8 Å². The maximum Gasteiger partial charge on any atom is 0.313 e. The second-order valence-corrected chi connectivity index (χ2v) is 9.31. The summed E-state index contributed by atoms with van der Waals surface area (Å²) < 4.78 is 32.2. The summed E-state index contributed by atoms with van der Waals surface area (Å²) >= 11 is 1.16. The molecule has 0 bridgehead atoms. The molecule has 2 heterocycles. The number of rotatable bonds is 6. The van der Waals surface area contributed by atoms with E-state index in [1.54, 1.807) is 41.8 Å². The van der Waals surface area contributed by atoms with Gasteiger partial charge in [-0.3, -0.25) is 9.59 Å². The van der Waals surface area contributed by atoms with E-state index in [0.717, 1.165) is 11.3 Å². The van der Waals surface area contributed by atoms with Gasteiger partial charge in [0, 0.05) is 30.9 Å². The predicted octanol–water partition coefficient (Wildman–Crippen LogP) is 1.66. The van der Waals surface area contributed by atoms with Gasteiger partial charge in [0.15, 0.2) is 0 Å². The maximum atomic E-state index is 12.7. The predicted molar refractivity (Wildman–Crippen MR) is 106 cm³/mol. The third-order valence-corrected chi connectivity index (χ3v) is 7.74. The molecule has 1 aromatic carbocycles. The second-order valence-electron chi connectivity index (χ2n) is 6.24. The molecule has 1 aliphatic heterocycles. The average Bonchev–Trinajstić information content (AvgIpc) is 3.38. The number of nitrogens with zero attached hydrogens (tertiary/aromatic N) is 1. The lowest BCUT2D eigenvalue weighted by Gasteiger charge is -2.23. The minimum Gasteiger partial charge on any atom is -0.497 e. The van der Waals surface area contributed by atoms with Crippen molar-refractivity contribution < 1.29 is 22.7 Å². The van der Waals surface area contributed by atoms with E-state index in [1.165, 1.54) is 11.4 Å². The molecule has 1 aliphatic rings. The van der Waals surface area contributed by atoms with E-state index in [9.17, 15) is 18.0 Å². The highest BCUT2D eigenvalue weighted by Gasteiger charge is 2.36. The van der Waals surface area contributed by atoms with Gasteiger partial charge in [-0.1, -0.05) is 12.1 Å². The summed E-state index contributed by atoms with van der Waals surface area (Å²) in [5.41, 5.74) is 0.433. The summed E-state index contributed by atoms with van der Waals surface area (Å²) in [6.07, 6.45) is 1.34. The fourth-order valence-corrected chi connectivity index (χ4v) is 5.85. The fraction of sp³-hybridized carbons (Fsp3) is 0.333. The molecule has 0 unspecified atom stereocenters. The molecule has 3 rings (SSSR count). The molecule has 0 aliphatic carbocycles. The molecule has 0 spiro atoms. The molecule has 0 radical (unpaired) electrons. The highest BCUT2D eigenvalue weighted by molar-refractivity contribution is 7.91. The molecule has 0 saturated carbocycles. The topological polar surface area (TPSA) is 105 Å². The Morgan fingerprint density at radius 3 is 2.79 bits per heavy atom. The quantitative estimate of drug-likeness (QED) is 0.688. The van der Waals surface area contributed by atoms with Crippen molar-refractivity contribution in [3.05, 3.63) is 41.8 Å². The third kappa shape index (κ3) is 4.51. The van der Waals surface area contributed by atoms with Crippen molar-refractivity contribution in [2.45, 2.75) is 23.1 Å². The smallest absolute Gasteiger partial charge is 0.313 e. The number of sulfonamides is 1. The zero-order chi connectivity index (χ0) is 20.1. The van der Waals surface area contributed by atoms with Gasteiger partial charge in [0.2, 0.25) is 0 Å². The number of ether oxygens (including phenoxy) is 1. The first-order chi connectivity index (χ1) is 13.4. The van der Waals surface area contributed by atoms with E-state index in [1.807, 2.05) is 0 Å². The molecular weight excluding hydrogens is 402 g/mol. The number of carbonyl (C=O) groups is 2. The van der Waals surface area contributed by atoms with Crippen LogP contribution in [0.4, 0.5) is 5.69 Å². The third-order valence-electron chi connectivity index (χ3n) is 4.41. The van der Waals surface area contributed by atoms with Crippen LogP contribution in [0.2, 0.25) is 0 Å². The van der Waals surface area contributed by atoms with Crippen molar-refractivity contribution >= 4 is 38.9 Å². The lowest BCUT2D eigenvalue weighted by molar-refractivity contribution is -0.136. The normalized spacial score (nSPS) is 17.2. The number of hydrogen-bond acceptors (Lipinski definition) is 6. The Morgan fingerprint density at radius 2 is 2.07 bits per heavy atom. The molecule has 2 amide bonds. The van der Waals surface area contributed by atoms with E-state index >= 15 is 0 Å². The lowest BCUT2D eigenvalue weighted by Crippen LogP contribution is -2.45. The van der Waals surface area contributed by atoms with Gasteiger partial charge in [0.1, 0.15) is 9.96 Å². The van der Waals surface area contributed by atoms with Crippen LogP contribution < -0.4 is 15.4 Å². The van der Waals surface area contributed by atoms with Crippen LogP contribution in [0.1, 0.15) is 12.8 Å². The molecule has 2 aromatic rings. The van der Waals surface area contributed by atoms with Gasteiger partial charge in [0.25, 0.3) is 10.0 Å². The van der Waals surface area contributed by atoms with Gasteiger partial charge in [-0.05, 0) is 36.4 Å². The Hall–Kier alpha value is -2.43. The van der Waals surface area contributed by atoms with E-state index in [4.69, 9.17) is 4.74 Å². The van der Waals surface area contributed by atoms with Gasteiger partial charge in [-0.25, -0.2) is 8.42 Å². The number of nitrogens with one attached hydrogen (secondary N) is 2. The van der Waals surface area contributed by atoms with Crippen LogP contribution in [0, 0.1) is 0 Å². The van der Waals surface area contributed by atoms with Crippen LogP contribution >= 0.6 is 11.3 Å². The summed E-state index contributed by atoms with van der Waals surface area (Å²) in [6.45, 7) is 0.478. The molecule has 28 heavy (non-hydrogen) atoms. The average molecular weight is 424 g/mol. The molecular formula is C18H21N3O5S2. The van der Waals surface area contributed by atoms with Crippen LogP contribution in [0.25, 0.3) is 0 Å². The molecule has 150 valence electrons. The molecule has 2 N–H and O–H groups in total. The Kier molecular flexibility index (Phi) is 6.32. The zero-order valence-corrected chi connectivity index (χ0v) is 16.9. The number of methoxy groups -OCH3 is 1. The summed E-state index contributed by atoms with van der Waals surface area (Å²) in [5.74, 6) is -1.08. The molecule has 1 fully saturated rings. The minimum atomic E-state index is -3.58. The summed E-state index contributed by atoms with van der Waals surface area (Å²) in [6, 6.07) is 9.53. The lowest BCUT2D eigenvalue weighted by atomic mass is 10.2. The molecule has 8 nitrogen and oxygen atoms in total. The Bertz CT molecular complexity index is 944. The molecule has 1 aromatic heterocycles. The van der Waals surface area contributed by atoms with Gasteiger partial charge in [-0.2, -0.15) is 4.31 Å². The maximum absolute atomic E-state index is 12.7. The first kappa shape index (κ1) is 20.3. The first-order valence-corrected chi connectivity index (χ1v) is 11.0. The van der Waals surface area contributed by atoms with E-state index in [-0.39, 0.29) is 16.8 Å². The first-order valence-electron chi connectivity index (χ1n) is 8.70. The van der Waals surface area contributed by atoms with E-state index < -0.39 is 21.8 Å². The van der Waals surface area contributed by atoms with Gasteiger partial charge >= 0.3 is 11.8 Å². The van der Waals surface area contributed by atoms with Crippen LogP contribution in [0.5, 0.6) is 5.75 Å². The SMILES string of the molecule is COc1cccc(NC(=O)C(=O)NC[C@H]2CCCN2S(=O)(=O)c2cccs2)c1. The standard InChI is InChI=1S/C18H21N3O5S2/c1-26-15-7-2-5-13(11-15)20-18(23)17(22)19-12-14-6-3-9-21(14)28(24,25)16-8-4-10-27-16/h2,4-5,7-8,10-11,14H,3,6,9,12H2,1H3,(H,19,22)(H,20,23)/t14-/m1/s1. The number of benzene rings is 1. The number of hydrogen-bond donors (Lipinski definition) is 2. The van der Waals surface area contributed by atoms with Crippen molar-refractivity contribution in [1.29, 1.82) is 0 Å². The Balaban J connectivity index is 1.58. The second kappa shape index (κ2) is 8.72. The minimum absolute atomic E-state index is 0.0783. The monoisotopic (exact) mass is 423 g/mol. The summed E-state index contributed by atoms with van der Waals surface area (Å²) in [5, 5.41) is 6.74. The van der Waals surface area contributed by atoms with Crippen LogP contribution in [0.15, 0.2) is 46.0 Å². The Labute approximate surface area is 167 Å². The van der Waals surface area contributed by atoms with Gasteiger partial charge < -0.3 is 15.4 Å². The largest absolute Gasteiger partial charge is 0.497 e. The van der Waals surface area contributed by atoms with Gasteiger partial charge in [-0.15, -0.1) is 11.3 Å². The van der Waals surface area contributed by atoms with Gasteiger partial charge in [0.05, 0.1) is 7.11 Å². The Morgan fingerprint density at radius 1 is 1.25 bits per heavy atom. The van der Waals surface area contributed by atoms with Crippen LogP contribution in [0.3, 0.4) is 0 Å². The van der Waals surface area contributed by atoms with E-state index in [2.05, 4.69) is 10.6 Å². The van der Waals surface area contributed by atoms with Crippen molar-refractivity contribution in [2.24, 2.45) is 0 Å². The van der Waals surface area contributed by atoms with Crippen molar-refractivity contribution in [3.8, 4) is 5.75 Å². The van der Waals surface area contributed by atoms with Crippen LogP contribution in [-0.2, 0) is 19.6 Å². The molecule has 1 atom stereocenters. The number of carbonyl (C=O) groups excluding carboxylic acids is 2. The van der Waals surface area contributed by atoms with E-state index in [0.29, 0.717) is 30.8 Å². The highest BCUT2D eigenvalue weighted by atomic mass is 32.2. The van der Waals surface area contributed by atoms with Crippen molar-refractivity contribution in [1.82, 2.24) is 9.62 Å². The highest BCUT2D eigenvalue weighted by Crippen LogP contribution is 2.28. The summed E-state index contributed by atoms with van der Waals surface area (Å²) in [4.78, 5) is 24.2. The fourth-order valence-electron chi connectivity index (χ4n) is 3.03. The number of anilines is 1. The summed E-state index contributed by atoms with van der Waals surface area (Å²) in [7, 11) is -2.08. The molecule has 1 saturated heterocycles. The number of thiophene rings is 1. The van der Waals surface area contributed by atoms with Crippen molar-refractivity contribution in [3.63, 3.8) is 0 Å².